The number of hydrogen-bond donors (Lipinski definition) is 2. The summed E-state index contributed by atoms with van der Waals surface area (Å²) in [5.74, 6) is -0.0607. The Kier molecular flexibility index (Phi) is 5.61. The number of benzene rings is 1. The van der Waals surface area contributed by atoms with Gasteiger partial charge in [0.15, 0.2) is 0 Å². The second-order valence-corrected chi connectivity index (χ2v) is 7.07. The SMILES string of the molecule is CCN1CCC[C@H]1CNC(=O)c1cc(OC)ccc1S(N)(=O)=O. The third kappa shape index (κ3) is 4.21. The molecule has 128 valence electrons. The van der Waals surface area contributed by atoms with Crippen molar-refractivity contribution >= 4 is 15.9 Å². The third-order valence-electron chi connectivity index (χ3n) is 4.14. The molecule has 0 unspecified atom stereocenters. The van der Waals surface area contributed by atoms with Crippen molar-refractivity contribution in [1.82, 2.24) is 10.2 Å². The number of likely N-dealkylation sites (N-methyl/N-ethyl adjacent to an activating group) is 1. The molecule has 3 N–H and O–H groups in total. The molecule has 1 aromatic rings. The lowest BCUT2D eigenvalue weighted by atomic mass is 10.1. The number of nitrogens with two attached hydrogens (primary N) is 1. The number of likely N-dealkylation sites (tertiary alicyclic amines) is 1. The van der Waals surface area contributed by atoms with Crippen molar-refractivity contribution in [2.45, 2.75) is 30.7 Å². The van der Waals surface area contributed by atoms with Gasteiger partial charge in [-0.15, -0.1) is 0 Å². The van der Waals surface area contributed by atoms with Crippen LogP contribution in [-0.2, 0) is 10.0 Å². The summed E-state index contributed by atoms with van der Waals surface area (Å²) < 4.78 is 28.4. The van der Waals surface area contributed by atoms with Crippen LogP contribution in [0.5, 0.6) is 5.75 Å². The first-order valence-electron chi connectivity index (χ1n) is 7.60. The lowest BCUT2D eigenvalue weighted by Gasteiger charge is -2.23. The van der Waals surface area contributed by atoms with Crippen molar-refractivity contribution in [2.75, 3.05) is 26.7 Å². The summed E-state index contributed by atoms with van der Waals surface area (Å²) in [6.07, 6.45) is 2.13. The van der Waals surface area contributed by atoms with E-state index in [1.807, 2.05) is 0 Å². The molecule has 0 aliphatic carbocycles. The zero-order valence-electron chi connectivity index (χ0n) is 13.4. The highest BCUT2D eigenvalue weighted by atomic mass is 32.2. The number of nitrogens with zero attached hydrogens (tertiary/aromatic N) is 1. The van der Waals surface area contributed by atoms with Gasteiger partial charge in [0.1, 0.15) is 5.75 Å². The summed E-state index contributed by atoms with van der Waals surface area (Å²) in [5.41, 5.74) is 0.00731. The van der Waals surface area contributed by atoms with Gasteiger partial charge in [0.25, 0.3) is 5.91 Å². The molecule has 1 aliphatic rings. The smallest absolute Gasteiger partial charge is 0.252 e. The molecule has 1 atom stereocenters. The van der Waals surface area contributed by atoms with E-state index in [0.29, 0.717) is 12.3 Å². The Morgan fingerprint density at radius 2 is 2.22 bits per heavy atom. The van der Waals surface area contributed by atoms with E-state index in [9.17, 15) is 13.2 Å². The van der Waals surface area contributed by atoms with E-state index < -0.39 is 15.9 Å². The third-order valence-corrected chi connectivity index (χ3v) is 5.11. The molecule has 1 fully saturated rings. The van der Waals surface area contributed by atoms with Gasteiger partial charge in [-0.3, -0.25) is 9.69 Å². The largest absolute Gasteiger partial charge is 0.497 e. The normalized spacial score (nSPS) is 18.8. The molecule has 7 nitrogen and oxygen atoms in total. The Bertz CT molecular complexity index is 675. The van der Waals surface area contributed by atoms with Crippen molar-refractivity contribution < 1.29 is 17.9 Å². The van der Waals surface area contributed by atoms with E-state index in [4.69, 9.17) is 9.88 Å². The van der Waals surface area contributed by atoms with Crippen LogP contribution in [0.15, 0.2) is 23.1 Å². The molecule has 0 bridgehead atoms. The molecule has 1 amide bonds. The summed E-state index contributed by atoms with van der Waals surface area (Å²) in [6.45, 7) is 4.52. The maximum atomic E-state index is 12.4. The first-order chi connectivity index (χ1) is 10.9. The Labute approximate surface area is 136 Å². The summed E-state index contributed by atoms with van der Waals surface area (Å²) in [4.78, 5) is 14.5. The van der Waals surface area contributed by atoms with Crippen molar-refractivity contribution in [2.24, 2.45) is 5.14 Å². The number of sulfonamides is 1. The molecule has 2 rings (SSSR count). The van der Waals surface area contributed by atoms with Gasteiger partial charge in [-0.2, -0.15) is 0 Å². The summed E-state index contributed by atoms with van der Waals surface area (Å²) in [6, 6.07) is 4.43. The van der Waals surface area contributed by atoms with Gasteiger partial charge in [0.05, 0.1) is 17.6 Å². The van der Waals surface area contributed by atoms with Crippen LogP contribution in [0.1, 0.15) is 30.1 Å². The van der Waals surface area contributed by atoms with Gasteiger partial charge < -0.3 is 10.1 Å². The fraction of sp³-hybridized carbons (Fsp3) is 0.533. The molecule has 8 heteroatoms. The number of nitrogens with one attached hydrogen (secondary N) is 1. The molecule has 1 aromatic carbocycles. The minimum atomic E-state index is -3.98. The highest BCUT2D eigenvalue weighted by Gasteiger charge is 2.25. The first kappa shape index (κ1) is 17.7. The van der Waals surface area contributed by atoms with Crippen molar-refractivity contribution in [1.29, 1.82) is 0 Å². The molecule has 0 saturated carbocycles. The zero-order chi connectivity index (χ0) is 17.0. The number of hydrogen-bond acceptors (Lipinski definition) is 5. The molecular formula is C15H23N3O4S. The standard InChI is InChI=1S/C15H23N3O4S/c1-3-18-8-4-5-11(18)10-17-15(19)13-9-12(22-2)6-7-14(13)23(16,20)21/h6-7,9,11H,3-5,8,10H2,1-2H3,(H,17,19)(H2,16,20,21)/t11-/m0/s1. The quantitative estimate of drug-likeness (QED) is 0.787. The van der Waals surface area contributed by atoms with Crippen molar-refractivity contribution in [3.8, 4) is 5.75 Å². The van der Waals surface area contributed by atoms with E-state index >= 15 is 0 Å². The number of carbonyl (C=O) groups excluding carboxylic acids is 1. The van der Waals surface area contributed by atoms with Gasteiger partial charge in [0, 0.05) is 12.6 Å². The number of ether oxygens (including phenoxy) is 1. The van der Waals surface area contributed by atoms with Crippen LogP contribution < -0.4 is 15.2 Å². The average Bonchev–Trinajstić information content (AvgIpc) is 2.98. The van der Waals surface area contributed by atoms with Crippen LogP contribution >= 0.6 is 0 Å². The number of methoxy groups -OCH3 is 1. The van der Waals surface area contributed by atoms with Crippen LogP contribution in [0.2, 0.25) is 0 Å². The van der Waals surface area contributed by atoms with Gasteiger partial charge in [-0.25, -0.2) is 13.6 Å². The van der Waals surface area contributed by atoms with E-state index in [1.165, 1.54) is 25.3 Å². The zero-order valence-corrected chi connectivity index (χ0v) is 14.2. The minimum Gasteiger partial charge on any atom is -0.497 e. The minimum absolute atomic E-state index is 0.00731. The predicted molar refractivity (Wildman–Crippen MR) is 87.0 cm³/mol. The lowest BCUT2D eigenvalue weighted by Crippen LogP contribution is -2.40. The van der Waals surface area contributed by atoms with E-state index in [0.717, 1.165) is 25.9 Å². The van der Waals surface area contributed by atoms with Crippen LogP contribution in [0.4, 0.5) is 0 Å². The topological polar surface area (TPSA) is 102 Å². The Balaban J connectivity index is 2.17. The van der Waals surface area contributed by atoms with Crippen LogP contribution in [-0.4, -0.2) is 52.0 Å². The van der Waals surface area contributed by atoms with E-state index in [-0.39, 0.29) is 16.5 Å². The highest BCUT2D eigenvalue weighted by Crippen LogP contribution is 2.21. The maximum absolute atomic E-state index is 12.4. The van der Waals surface area contributed by atoms with Gasteiger partial charge in [0.2, 0.25) is 10.0 Å². The van der Waals surface area contributed by atoms with Crippen LogP contribution in [0.25, 0.3) is 0 Å². The second kappa shape index (κ2) is 7.29. The van der Waals surface area contributed by atoms with Crippen molar-refractivity contribution in [3.05, 3.63) is 23.8 Å². The fourth-order valence-corrected chi connectivity index (χ4v) is 3.63. The molecule has 1 saturated heterocycles. The lowest BCUT2D eigenvalue weighted by molar-refractivity contribution is 0.0937. The molecule has 23 heavy (non-hydrogen) atoms. The van der Waals surface area contributed by atoms with Crippen LogP contribution in [0.3, 0.4) is 0 Å². The molecule has 0 radical (unpaired) electrons. The van der Waals surface area contributed by atoms with E-state index in [2.05, 4.69) is 17.1 Å². The number of rotatable bonds is 6. The maximum Gasteiger partial charge on any atom is 0.252 e. The molecule has 0 spiro atoms. The van der Waals surface area contributed by atoms with Gasteiger partial charge in [-0.05, 0) is 44.1 Å². The van der Waals surface area contributed by atoms with Gasteiger partial charge >= 0.3 is 0 Å². The molecule has 1 aliphatic heterocycles. The molecular weight excluding hydrogens is 318 g/mol. The Morgan fingerprint density at radius 3 is 2.83 bits per heavy atom. The Morgan fingerprint density at radius 1 is 1.48 bits per heavy atom. The fourth-order valence-electron chi connectivity index (χ4n) is 2.91. The Hall–Kier alpha value is -1.64. The summed E-state index contributed by atoms with van der Waals surface area (Å²) >= 11 is 0. The average molecular weight is 341 g/mol. The second-order valence-electron chi connectivity index (χ2n) is 5.54. The predicted octanol–water partition coefficient (Wildman–Crippen LogP) is 0.557. The highest BCUT2D eigenvalue weighted by molar-refractivity contribution is 7.89. The summed E-state index contributed by atoms with van der Waals surface area (Å²) in [5, 5.41) is 8.00. The van der Waals surface area contributed by atoms with Crippen LogP contribution in [0, 0.1) is 0 Å². The first-order valence-corrected chi connectivity index (χ1v) is 9.14. The monoisotopic (exact) mass is 341 g/mol. The van der Waals surface area contributed by atoms with Crippen molar-refractivity contribution in [3.63, 3.8) is 0 Å². The van der Waals surface area contributed by atoms with E-state index in [1.54, 1.807) is 0 Å². The number of carbonyl (C=O) groups is 1. The molecule has 1 heterocycles. The molecule has 0 aromatic heterocycles. The number of amides is 1. The summed E-state index contributed by atoms with van der Waals surface area (Å²) in [7, 11) is -2.53. The number of primary sulfonamides is 1. The van der Waals surface area contributed by atoms with Gasteiger partial charge in [-0.1, -0.05) is 6.92 Å².